The summed E-state index contributed by atoms with van der Waals surface area (Å²) in [4.78, 5) is 13.1. The Morgan fingerprint density at radius 1 is 1.47 bits per heavy atom. The zero-order valence-corrected chi connectivity index (χ0v) is 10.1. The summed E-state index contributed by atoms with van der Waals surface area (Å²) in [5.41, 5.74) is 1.18. The van der Waals surface area contributed by atoms with Gasteiger partial charge in [-0.1, -0.05) is 0 Å². The van der Waals surface area contributed by atoms with Crippen LogP contribution >= 0.6 is 0 Å². The third kappa shape index (κ3) is 3.45. The van der Waals surface area contributed by atoms with Crippen molar-refractivity contribution in [3.8, 4) is 0 Å². The molecule has 1 aromatic heterocycles. The van der Waals surface area contributed by atoms with Crippen molar-refractivity contribution in [2.45, 2.75) is 13.5 Å². The third-order valence-corrected chi connectivity index (χ3v) is 2.78. The highest BCUT2D eigenvalue weighted by Crippen LogP contribution is 1.95. The first-order valence-electron chi connectivity index (χ1n) is 5.98. The van der Waals surface area contributed by atoms with E-state index >= 15 is 0 Å². The van der Waals surface area contributed by atoms with Gasteiger partial charge >= 0.3 is 6.03 Å². The molecule has 0 atom stereocenters. The minimum absolute atomic E-state index is 0.0505. The first-order valence-corrected chi connectivity index (χ1v) is 5.98. The molecule has 0 unspecified atom stereocenters. The number of urea groups is 1. The molecule has 0 saturated carbocycles. The highest BCUT2D eigenvalue weighted by atomic mass is 16.2. The molecule has 1 saturated heterocycles. The van der Waals surface area contributed by atoms with Crippen LogP contribution in [0.25, 0.3) is 0 Å². The van der Waals surface area contributed by atoms with E-state index in [9.17, 15) is 4.79 Å². The van der Waals surface area contributed by atoms with Crippen LogP contribution in [-0.2, 0) is 6.54 Å². The number of aryl methyl sites for hydroxylation is 1. The van der Waals surface area contributed by atoms with E-state index < -0.39 is 0 Å². The predicted octanol–water partition coefficient (Wildman–Crippen LogP) is -0.194. The molecule has 1 aliphatic heterocycles. The van der Waals surface area contributed by atoms with Crippen molar-refractivity contribution in [2.75, 3.05) is 32.7 Å². The molecule has 0 radical (unpaired) electrons. The molecule has 1 aromatic rings. The standard InChI is InChI=1S/C11H19N5O/c1-10-8-14-16(9-10)7-3-12-2-5-15-6-4-13-11(15)17/h8-9,12H,2-7H2,1H3,(H,13,17). The first kappa shape index (κ1) is 11.9. The largest absolute Gasteiger partial charge is 0.336 e. The van der Waals surface area contributed by atoms with Gasteiger partial charge in [-0.25, -0.2) is 4.79 Å². The molecule has 6 nitrogen and oxygen atoms in total. The summed E-state index contributed by atoms with van der Waals surface area (Å²) in [7, 11) is 0. The molecule has 2 N–H and O–H groups in total. The normalized spacial score (nSPS) is 15.4. The summed E-state index contributed by atoms with van der Waals surface area (Å²) in [6, 6.07) is 0.0505. The van der Waals surface area contributed by atoms with E-state index in [-0.39, 0.29) is 6.03 Å². The topological polar surface area (TPSA) is 62.2 Å². The first-order chi connectivity index (χ1) is 8.25. The third-order valence-electron chi connectivity index (χ3n) is 2.78. The highest BCUT2D eigenvalue weighted by Gasteiger charge is 2.17. The molecule has 2 heterocycles. The van der Waals surface area contributed by atoms with E-state index in [4.69, 9.17) is 0 Å². The lowest BCUT2D eigenvalue weighted by Crippen LogP contribution is -2.35. The van der Waals surface area contributed by atoms with Crippen LogP contribution in [-0.4, -0.2) is 53.4 Å². The predicted molar refractivity (Wildman–Crippen MR) is 64.8 cm³/mol. The van der Waals surface area contributed by atoms with Gasteiger partial charge in [0.25, 0.3) is 0 Å². The Morgan fingerprint density at radius 3 is 2.94 bits per heavy atom. The van der Waals surface area contributed by atoms with Crippen LogP contribution in [0.3, 0.4) is 0 Å². The number of carbonyl (C=O) groups excluding carboxylic acids is 1. The molecule has 0 aliphatic carbocycles. The maximum Gasteiger partial charge on any atom is 0.317 e. The van der Waals surface area contributed by atoms with Gasteiger partial charge in [-0.15, -0.1) is 0 Å². The van der Waals surface area contributed by atoms with Crippen LogP contribution in [0.1, 0.15) is 5.56 Å². The summed E-state index contributed by atoms with van der Waals surface area (Å²) in [5.74, 6) is 0. The second kappa shape index (κ2) is 5.67. The summed E-state index contributed by atoms with van der Waals surface area (Å²) < 4.78 is 1.92. The fourth-order valence-corrected chi connectivity index (χ4v) is 1.85. The van der Waals surface area contributed by atoms with Crippen molar-refractivity contribution >= 4 is 6.03 Å². The van der Waals surface area contributed by atoms with Crippen molar-refractivity contribution in [1.29, 1.82) is 0 Å². The van der Waals surface area contributed by atoms with Crippen molar-refractivity contribution in [1.82, 2.24) is 25.3 Å². The quantitative estimate of drug-likeness (QED) is 0.674. The van der Waals surface area contributed by atoms with Gasteiger partial charge < -0.3 is 15.5 Å². The number of nitrogens with zero attached hydrogens (tertiary/aromatic N) is 3. The van der Waals surface area contributed by atoms with E-state index in [1.54, 1.807) is 0 Å². The molecular weight excluding hydrogens is 218 g/mol. The van der Waals surface area contributed by atoms with Gasteiger partial charge in [0.15, 0.2) is 0 Å². The fraction of sp³-hybridized carbons (Fsp3) is 0.636. The number of hydrogen-bond donors (Lipinski definition) is 2. The van der Waals surface area contributed by atoms with E-state index in [1.165, 1.54) is 5.56 Å². The van der Waals surface area contributed by atoms with E-state index in [0.29, 0.717) is 0 Å². The van der Waals surface area contributed by atoms with Gasteiger partial charge in [-0.3, -0.25) is 4.68 Å². The second-order valence-corrected chi connectivity index (χ2v) is 4.25. The lowest BCUT2D eigenvalue weighted by atomic mass is 10.4. The molecule has 0 bridgehead atoms. The van der Waals surface area contributed by atoms with Crippen molar-refractivity contribution in [3.05, 3.63) is 18.0 Å². The molecule has 2 amide bonds. The fourth-order valence-electron chi connectivity index (χ4n) is 1.85. The molecular formula is C11H19N5O. The molecule has 1 aliphatic rings. The van der Waals surface area contributed by atoms with Crippen LogP contribution in [0.4, 0.5) is 4.79 Å². The molecule has 2 rings (SSSR count). The minimum Gasteiger partial charge on any atom is -0.336 e. The SMILES string of the molecule is Cc1cnn(CCNCCN2CCNC2=O)c1. The number of rotatable bonds is 6. The number of aromatic nitrogens is 2. The zero-order chi connectivity index (χ0) is 12.1. The Hall–Kier alpha value is -1.56. The van der Waals surface area contributed by atoms with E-state index in [0.717, 1.165) is 39.3 Å². The minimum atomic E-state index is 0.0505. The van der Waals surface area contributed by atoms with Crippen LogP contribution in [0.2, 0.25) is 0 Å². The Morgan fingerprint density at radius 2 is 2.29 bits per heavy atom. The van der Waals surface area contributed by atoms with Crippen molar-refractivity contribution in [3.63, 3.8) is 0 Å². The Bertz CT molecular complexity index is 376. The van der Waals surface area contributed by atoms with Gasteiger partial charge in [0.2, 0.25) is 0 Å². The van der Waals surface area contributed by atoms with Gasteiger partial charge in [-0.2, -0.15) is 5.10 Å². The van der Waals surface area contributed by atoms with Crippen LogP contribution in [0.15, 0.2) is 12.4 Å². The average Bonchev–Trinajstić information content (AvgIpc) is 2.88. The molecule has 1 fully saturated rings. The van der Waals surface area contributed by atoms with Gasteiger partial charge in [0, 0.05) is 38.9 Å². The smallest absolute Gasteiger partial charge is 0.317 e. The highest BCUT2D eigenvalue weighted by molar-refractivity contribution is 5.76. The average molecular weight is 237 g/mol. The monoisotopic (exact) mass is 237 g/mol. The van der Waals surface area contributed by atoms with Gasteiger partial charge in [0.1, 0.15) is 0 Å². The molecule has 94 valence electrons. The number of nitrogens with one attached hydrogen (secondary N) is 2. The number of hydrogen-bond acceptors (Lipinski definition) is 3. The number of carbonyl (C=O) groups is 1. The maximum atomic E-state index is 11.2. The molecule has 17 heavy (non-hydrogen) atoms. The van der Waals surface area contributed by atoms with Crippen molar-refractivity contribution in [2.24, 2.45) is 0 Å². The Kier molecular flexibility index (Phi) is 3.98. The van der Waals surface area contributed by atoms with E-state index in [2.05, 4.69) is 15.7 Å². The maximum absolute atomic E-state index is 11.2. The summed E-state index contributed by atoms with van der Waals surface area (Å²) in [6.07, 6.45) is 3.88. The van der Waals surface area contributed by atoms with Crippen LogP contribution in [0.5, 0.6) is 0 Å². The van der Waals surface area contributed by atoms with Crippen molar-refractivity contribution < 1.29 is 4.79 Å². The summed E-state index contributed by atoms with van der Waals surface area (Å²) in [6.45, 7) is 6.95. The molecule has 0 aromatic carbocycles. The van der Waals surface area contributed by atoms with E-state index in [1.807, 2.05) is 28.9 Å². The summed E-state index contributed by atoms with van der Waals surface area (Å²) >= 11 is 0. The number of amides is 2. The Labute approximate surface area is 101 Å². The van der Waals surface area contributed by atoms with Crippen LogP contribution < -0.4 is 10.6 Å². The van der Waals surface area contributed by atoms with Gasteiger partial charge in [0.05, 0.1) is 12.7 Å². The lowest BCUT2D eigenvalue weighted by Gasteiger charge is -2.14. The molecule has 0 spiro atoms. The Balaban J connectivity index is 1.56. The van der Waals surface area contributed by atoms with Gasteiger partial charge in [-0.05, 0) is 12.5 Å². The zero-order valence-electron chi connectivity index (χ0n) is 10.1. The molecule has 6 heteroatoms. The second-order valence-electron chi connectivity index (χ2n) is 4.25. The summed E-state index contributed by atoms with van der Waals surface area (Å²) in [5, 5.41) is 10.3. The van der Waals surface area contributed by atoms with Crippen LogP contribution in [0, 0.1) is 6.92 Å². The lowest BCUT2D eigenvalue weighted by molar-refractivity contribution is 0.217.